The maximum absolute atomic E-state index is 11.9. The van der Waals surface area contributed by atoms with Crippen LogP contribution in [-0.2, 0) is 19.1 Å². The van der Waals surface area contributed by atoms with Crippen molar-refractivity contribution in [2.24, 2.45) is 17.8 Å². The summed E-state index contributed by atoms with van der Waals surface area (Å²) in [5, 5.41) is 0. The zero-order valence-corrected chi connectivity index (χ0v) is 11.8. The number of ether oxygens (including phenoxy) is 2. The van der Waals surface area contributed by atoms with E-state index in [1.165, 1.54) is 14.2 Å². The van der Waals surface area contributed by atoms with Crippen LogP contribution in [0.5, 0.6) is 0 Å². The summed E-state index contributed by atoms with van der Waals surface area (Å²) >= 11 is 0. The topological polar surface area (TPSA) is 55.8 Å². The number of nitrogens with zero attached hydrogens (tertiary/aromatic N) is 1. The molecular weight excluding hydrogens is 234 g/mol. The first-order valence-electron chi connectivity index (χ1n) is 6.43. The SMILES string of the molecule is CCN(CC)C1C(C)C(C(=O)OC)C1C(=O)OC. The smallest absolute Gasteiger partial charge is 0.311 e. The molecule has 1 fully saturated rings. The number of hydrogen-bond acceptors (Lipinski definition) is 5. The van der Waals surface area contributed by atoms with Gasteiger partial charge in [0.2, 0.25) is 0 Å². The van der Waals surface area contributed by atoms with E-state index in [2.05, 4.69) is 18.7 Å². The van der Waals surface area contributed by atoms with Gasteiger partial charge in [0.15, 0.2) is 0 Å². The summed E-state index contributed by atoms with van der Waals surface area (Å²) in [6.07, 6.45) is 0. The van der Waals surface area contributed by atoms with E-state index in [0.717, 1.165) is 13.1 Å². The van der Waals surface area contributed by atoms with E-state index in [9.17, 15) is 9.59 Å². The Morgan fingerprint density at radius 1 is 1.00 bits per heavy atom. The van der Waals surface area contributed by atoms with Gasteiger partial charge in [0.05, 0.1) is 26.1 Å². The van der Waals surface area contributed by atoms with Crippen LogP contribution in [0.4, 0.5) is 0 Å². The average Bonchev–Trinajstić information content (AvgIpc) is 2.39. The van der Waals surface area contributed by atoms with Gasteiger partial charge >= 0.3 is 11.9 Å². The second-order valence-corrected chi connectivity index (χ2v) is 4.67. The van der Waals surface area contributed by atoms with Crippen molar-refractivity contribution in [1.29, 1.82) is 0 Å². The minimum atomic E-state index is -0.405. The summed E-state index contributed by atoms with van der Waals surface area (Å²) in [6, 6.07) is 0.0662. The minimum Gasteiger partial charge on any atom is -0.469 e. The third-order valence-electron chi connectivity index (χ3n) is 4.04. The zero-order valence-electron chi connectivity index (χ0n) is 11.8. The first kappa shape index (κ1) is 15.0. The van der Waals surface area contributed by atoms with Crippen molar-refractivity contribution in [2.75, 3.05) is 27.3 Å². The number of carbonyl (C=O) groups excluding carboxylic acids is 2. The molecule has 4 atom stereocenters. The Bertz CT molecular complexity index is 314. The molecule has 0 saturated heterocycles. The summed E-state index contributed by atoms with van der Waals surface area (Å²) < 4.78 is 9.60. The average molecular weight is 257 g/mol. The van der Waals surface area contributed by atoms with Crippen molar-refractivity contribution in [1.82, 2.24) is 4.90 Å². The van der Waals surface area contributed by atoms with Gasteiger partial charge in [0, 0.05) is 6.04 Å². The first-order valence-corrected chi connectivity index (χ1v) is 6.43. The predicted octanol–water partition coefficient (Wildman–Crippen LogP) is 0.925. The lowest BCUT2D eigenvalue weighted by Crippen LogP contribution is -2.64. The number of methoxy groups -OCH3 is 2. The number of esters is 2. The Balaban J connectivity index is 2.92. The van der Waals surface area contributed by atoms with Gasteiger partial charge in [0.1, 0.15) is 0 Å². The molecule has 0 N–H and O–H groups in total. The fourth-order valence-corrected chi connectivity index (χ4v) is 3.06. The lowest BCUT2D eigenvalue weighted by Gasteiger charge is -2.51. The van der Waals surface area contributed by atoms with E-state index < -0.39 is 5.92 Å². The van der Waals surface area contributed by atoms with Crippen LogP contribution in [0.3, 0.4) is 0 Å². The number of rotatable bonds is 5. The van der Waals surface area contributed by atoms with Crippen LogP contribution in [0, 0.1) is 17.8 Å². The molecule has 0 spiro atoms. The second kappa shape index (κ2) is 6.18. The third kappa shape index (κ3) is 2.36. The van der Waals surface area contributed by atoms with Crippen LogP contribution in [0.1, 0.15) is 20.8 Å². The van der Waals surface area contributed by atoms with Crippen molar-refractivity contribution in [3.8, 4) is 0 Å². The normalized spacial score (nSPS) is 30.8. The van der Waals surface area contributed by atoms with Gasteiger partial charge in [-0.25, -0.2) is 0 Å². The van der Waals surface area contributed by atoms with E-state index >= 15 is 0 Å². The largest absolute Gasteiger partial charge is 0.469 e. The predicted molar refractivity (Wildman–Crippen MR) is 66.9 cm³/mol. The summed E-state index contributed by atoms with van der Waals surface area (Å²) in [5.74, 6) is -1.31. The molecule has 5 nitrogen and oxygen atoms in total. The molecule has 0 aliphatic heterocycles. The van der Waals surface area contributed by atoms with Gasteiger partial charge in [-0.2, -0.15) is 0 Å². The second-order valence-electron chi connectivity index (χ2n) is 4.67. The first-order chi connectivity index (χ1) is 8.53. The zero-order chi connectivity index (χ0) is 13.9. The molecule has 5 heteroatoms. The molecular formula is C13H23NO4. The molecule has 0 amide bonds. The fourth-order valence-electron chi connectivity index (χ4n) is 3.06. The highest BCUT2D eigenvalue weighted by molar-refractivity contribution is 5.85. The van der Waals surface area contributed by atoms with Crippen molar-refractivity contribution in [2.45, 2.75) is 26.8 Å². The molecule has 0 heterocycles. The number of hydrogen-bond donors (Lipinski definition) is 0. The molecule has 0 aromatic heterocycles. The summed E-state index contributed by atoms with van der Waals surface area (Å²) in [6.45, 7) is 7.80. The third-order valence-corrected chi connectivity index (χ3v) is 4.04. The Kier molecular flexibility index (Phi) is 5.14. The molecule has 0 aromatic carbocycles. The van der Waals surface area contributed by atoms with Crippen LogP contribution in [0.2, 0.25) is 0 Å². The Morgan fingerprint density at radius 3 is 1.83 bits per heavy atom. The Hall–Kier alpha value is -1.10. The van der Waals surface area contributed by atoms with E-state index in [1.54, 1.807) is 0 Å². The summed E-state index contributed by atoms with van der Waals surface area (Å²) in [5.41, 5.74) is 0. The summed E-state index contributed by atoms with van der Waals surface area (Å²) in [7, 11) is 2.72. The molecule has 104 valence electrons. The van der Waals surface area contributed by atoms with Crippen molar-refractivity contribution < 1.29 is 19.1 Å². The molecule has 1 rings (SSSR count). The van der Waals surface area contributed by atoms with Crippen LogP contribution in [-0.4, -0.2) is 50.2 Å². The lowest BCUT2D eigenvalue weighted by atomic mass is 9.60. The molecule has 0 aromatic rings. The highest BCUT2D eigenvalue weighted by Crippen LogP contribution is 2.45. The van der Waals surface area contributed by atoms with Gasteiger partial charge < -0.3 is 9.47 Å². The van der Waals surface area contributed by atoms with Crippen LogP contribution < -0.4 is 0 Å². The van der Waals surface area contributed by atoms with Crippen LogP contribution >= 0.6 is 0 Å². The van der Waals surface area contributed by atoms with E-state index in [1.807, 2.05) is 6.92 Å². The van der Waals surface area contributed by atoms with E-state index in [-0.39, 0.29) is 29.8 Å². The monoisotopic (exact) mass is 257 g/mol. The Labute approximate surface area is 108 Å². The molecule has 4 unspecified atom stereocenters. The van der Waals surface area contributed by atoms with Gasteiger partial charge in [-0.15, -0.1) is 0 Å². The molecule has 0 bridgehead atoms. The van der Waals surface area contributed by atoms with Crippen LogP contribution in [0.25, 0.3) is 0 Å². The highest BCUT2D eigenvalue weighted by Gasteiger charge is 2.58. The van der Waals surface area contributed by atoms with Gasteiger partial charge in [0.25, 0.3) is 0 Å². The van der Waals surface area contributed by atoms with Crippen molar-refractivity contribution in [3.63, 3.8) is 0 Å². The van der Waals surface area contributed by atoms with E-state index in [0.29, 0.717) is 0 Å². The number of carbonyl (C=O) groups is 2. The quantitative estimate of drug-likeness (QED) is 0.686. The minimum absolute atomic E-state index is 0.0662. The van der Waals surface area contributed by atoms with Gasteiger partial charge in [-0.05, 0) is 19.0 Å². The molecule has 0 radical (unpaired) electrons. The van der Waals surface area contributed by atoms with E-state index in [4.69, 9.17) is 9.47 Å². The van der Waals surface area contributed by atoms with Gasteiger partial charge in [-0.3, -0.25) is 14.5 Å². The van der Waals surface area contributed by atoms with Crippen molar-refractivity contribution in [3.05, 3.63) is 0 Å². The van der Waals surface area contributed by atoms with Gasteiger partial charge in [-0.1, -0.05) is 20.8 Å². The highest BCUT2D eigenvalue weighted by atomic mass is 16.5. The standard InChI is InChI=1S/C13H23NO4/c1-6-14(7-2)11-8(3)9(12(15)17-4)10(11)13(16)18-5/h8-11H,6-7H2,1-5H3. The fraction of sp³-hybridized carbons (Fsp3) is 0.846. The molecule has 1 saturated carbocycles. The summed E-state index contributed by atoms with van der Waals surface area (Å²) in [4.78, 5) is 25.8. The van der Waals surface area contributed by atoms with Crippen molar-refractivity contribution >= 4 is 11.9 Å². The lowest BCUT2D eigenvalue weighted by molar-refractivity contribution is -0.180. The molecule has 1 aliphatic rings. The molecule has 1 aliphatic carbocycles. The maximum Gasteiger partial charge on any atom is 0.311 e. The van der Waals surface area contributed by atoms with Crippen LogP contribution in [0.15, 0.2) is 0 Å². The maximum atomic E-state index is 11.9. The molecule has 18 heavy (non-hydrogen) atoms. The Morgan fingerprint density at radius 2 is 1.44 bits per heavy atom.